The summed E-state index contributed by atoms with van der Waals surface area (Å²) in [6.45, 7) is 13.1. The summed E-state index contributed by atoms with van der Waals surface area (Å²) in [5.41, 5.74) is 0. The largest absolute Gasteiger partial charge is 0.739 e. The Labute approximate surface area is 146 Å². The van der Waals surface area contributed by atoms with Gasteiger partial charge in [-0.25, -0.2) is 0 Å². The van der Waals surface area contributed by atoms with Crippen molar-refractivity contribution in [3.63, 3.8) is 0 Å². The maximum atomic E-state index is 12.2. The van der Waals surface area contributed by atoms with E-state index in [0.29, 0.717) is 19.3 Å². The van der Waals surface area contributed by atoms with Crippen LogP contribution in [0.2, 0.25) is 25.7 Å². The lowest BCUT2D eigenvalue weighted by molar-refractivity contribution is 0.103. The van der Waals surface area contributed by atoms with Gasteiger partial charge in [-0.3, -0.25) is 4.46 Å². The van der Waals surface area contributed by atoms with Crippen molar-refractivity contribution in [1.82, 2.24) is 0 Å². The van der Waals surface area contributed by atoms with E-state index in [9.17, 15) is 4.46 Å². The molecule has 0 aromatic carbocycles. The van der Waals surface area contributed by atoms with Crippen LogP contribution in [0.5, 0.6) is 0 Å². The molecule has 0 aliphatic carbocycles. The van der Waals surface area contributed by atoms with E-state index < -0.39 is 26.3 Å². The van der Waals surface area contributed by atoms with E-state index in [1.165, 1.54) is 25.7 Å². The lowest BCUT2D eigenvalue weighted by atomic mass is 10.1. The number of rotatable bonds is 15. The predicted octanol–water partition coefficient (Wildman–Crippen LogP) is 4.64. The minimum Gasteiger partial charge on any atom is -0.552 e. The molecular weight excluding hydrogens is 344 g/mol. The van der Waals surface area contributed by atoms with Gasteiger partial charge in [-0.05, 0) is 39.9 Å². The summed E-state index contributed by atoms with van der Waals surface area (Å²) in [6, 6.07) is 0.715. The van der Waals surface area contributed by atoms with Crippen molar-refractivity contribution in [1.29, 1.82) is 0 Å². The zero-order chi connectivity index (χ0) is 17.8. The minimum atomic E-state index is -2.90. The molecule has 0 amide bonds. The van der Waals surface area contributed by atoms with E-state index in [4.69, 9.17) is 17.1 Å². The van der Waals surface area contributed by atoms with Gasteiger partial charge in [0.25, 0.3) is 0 Å². The van der Waals surface area contributed by atoms with Crippen molar-refractivity contribution in [3.8, 4) is 0 Å². The highest BCUT2D eigenvalue weighted by Gasteiger charge is 2.45. The standard InChI is InChI=1S/C15H36O5Si3/c1-7-10-11-12-13-14-15-23(17-8-2,18-9-3)20-21(16)19-22(4,5)6/h7-15H2,1-6H3. The van der Waals surface area contributed by atoms with Crippen molar-refractivity contribution in [2.45, 2.75) is 85.0 Å². The van der Waals surface area contributed by atoms with E-state index in [-0.39, 0.29) is 0 Å². The molecule has 0 radical (unpaired) electrons. The van der Waals surface area contributed by atoms with E-state index in [1.54, 1.807) is 0 Å². The molecule has 0 rings (SSSR count). The summed E-state index contributed by atoms with van der Waals surface area (Å²) in [4.78, 5) is 0. The summed E-state index contributed by atoms with van der Waals surface area (Å²) in [5, 5.41) is 0. The number of unbranched alkanes of at least 4 members (excludes halogenated alkanes) is 5. The van der Waals surface area contributed by atoms with Gasteiger partial charge in [-0.2, -0.15) is 0 Å². The van der Waals surface area contributed by atoms with Gasteiger partial charge in [0.15, 0.2) is 0 Å². The molecule has 138 valence electrons. The zero-order valence-corrected chi connectivity index (χ0v) is 18.9. The molecule has 0 atom stereocenters. The Morgan fingerprint density at radius 2 is 1.30 bits per heavy atom. The van der Waals surface area contributed by atoms with Crippen LogP contribution in [-0.4, -0.2) is 39.5 Å². The fraction of sp³-hybridized carbons (Fsp3) is 1.00. The molecule has 0 spiro atoms. The normalized spacial score (nSPS) is 12.3. The quantitative estimate of drug-likeness (QED) is 0.306. The Morgan fingerprint density at radius 1 is 0.783 bits per heavy atom. The highest BCUT2D eigenvalue weighted by atomic mass is 28.5. The van der Waals surface area contributed by atoms with Crippen LogP contribution >= 0.6 is 0 Å². The molecule has 0 N–H and O–H groups in total. The maximum Gasteiger partial charge on any atom is 0.739 e. The Balaban J connectivity index is 4.58. The average Bonchev–Trinajstić information content (AvgIpc) is 2.41. The topological polar surface area (TPSA) is 54.0 Å². The van der Waals surface area contributed by atoms with Crippen molar-refractivity contribution in [3.05, 3.63) is 0 Å². The van der Waals surface area contributed by atoms with Crippen LogP contribution in [0.3, 0.4) is 0 Å². The molecule has 0 unspecified atom stereocenters. The van der Waals surface area contributed by atoms with E-state index in [1.807, 2.05) is 33.5 Å². The fourth-order valence-electron chi connectivity index (χ4n) is 2.26. The van der Waals surface area contributed by atoms with Gasteiger partial charge in [-0.1, -0.05) is 39.0 Å². The summed E-state index contributed by atoms with van der Waals surface area (Å²) in [5.74, 6) is 0. The Kier molecular flexibility index (Phi) is 12.3. The first-order valence-electron chi connectivity index (χ1n) is 8.98. The monoisotopic (exact) mass is 380 g/mol. The van der Waals surface area contributed by atoms with Gasteiger partial charge < -0.3 is 17.1 Å². The third-order valence-corrected chi connectivity index (χ3v) is 10.6. The van der Waals surface area contributed by atoms with Gasteiger partial charge >= 0.3 is 18.0 Å². The molecule has 0 aliphatic heterocycles. The first-order valence-corrected chi connectivity index (χ1v) is 15.5. The van der Waals surface area contributed by atoms with Gasteiger partial charge in [0.05, 0.1) is 0 Å². The van der Waals surface area contributed by atoms with Crippen molar-refractivity contribution >= 4 is 26.3 Å². The third-order valence-electron chi connectivity index (χ3n) is 3.19. The van der Waals surface area contributed by atoms with Gasteiger partial charge in [-0.15, -0.1) is 0 Å². The second kappa shape index (κ2) is 12.3. The molecule has 8 heteroatoms. The lowest BCUT2D eigenvalue weighted by Gasteiger charge is -2.29. The molecule has 0 fully saturated rings. The van der Waals surface area contributed by atoms with Crippen LogP contribution in [0.4, 0.5) is 0 Å². The van der Waals surface area contributed by atoms with Gasteiger partial charge in [0.2, 0.25) is 8.32 Å². The second-order valence-corrected chi connectivity index (χ2v) is 15.4. The summed E-state index contributed by atoms with van der Waals surface area (Å²) < 4.78 is 35.3. The first kappa shape index (κ1) is 23.0. The smallest absolute Gasteiger partial charge is 0.552 e. The minimum absolute atomic E-state index is 0.504. The fourth-order valence-corrected chi connectivity index (χ4v) is 8.63. The summed E-state index contributed by atoms with van der Waals surface area (Å²) in [7, 11) is -7.37. The molecule has 0 aromatic rings. The van der Waals surface area contributed by atoms with E-state index >= 15 is 0 Å². The highest BCUT2D eigenvalue weighted by molar-refractivity contribution is 6.75. The molecule has 0 aromatic heterocycles. The average molecular weight is 381 g/mol. The first-order chi connectivity index (χ1) is 10.8. The van der Waals surface area contributed by atoms with E-state index in [2.05, 4.69) is 6.92 Å². The summed E-state index contributed by atoms with van der Waals surface area (Å²) in [6.07, 6.45) is 7.14. The second-order valence-electron chi connectivity index (χ2n) is 6.63. The van der Waals surface area contributed by atoms with E-state index in [0.717, 1.165) is 12.8 Å². The van der Waals surface area contributed by atoms with Crippen LogP contribution in [0.15, 0.2) is 0 Å². The molecule has 0 heterocycles. The van der Waals surface area contributed by atoms with Crippen molar-refractivity contribution in [2.75, 3.05) is 13.2 Å². The Bertz CT molecular complexity index is 315. The summed E-state index contributed by atoms with van der Waals surface area (Å²) >= 11 is 0. The molecule has 0 saturated carbocycles. The molecule has 0 bridgehead atoms. The number of hydrogen-bond acceptors (Lipinski definition) is 5. The van der Waals surface area contributed by atoms with Gasteiger partial charge in [0.1, 0.15) is 0 Å². The van der Waals surface area contributed by atoms with Crippen LogP contribution in [-0.2, 0) is 21.5 Å². The molecule has 23 heavy (non-hydrogen) atoms. The van der Waals surface area contributed by atoms with Gasteiger partial charge in [0, 0.05) is 19.3 Å². The maximum absolute atomic E-state index is 12.2. The molecule has 5 nitrogen and oxygen atoms in total. The van der Waals surface area contributed by atoms with Crippen LogP contribution in [0.25, 0.3) is 0 Å². The Hall–Kier alpha value is -0.0294. The lowest BCUT2D eigenvalue weighted by Crippen LogP contribution is -2.50. The number of hydrogen-bond donors (Lipinski definition) is 0. The SMILES string of the molecule is CCCCCCCC[Si](OCC)(OCC)O[Si](=O)O[Si](C)(C)C. The van der Waals surface area contributed by atoms with Crippen molar-refractivity contribution < 1.29 is 21.5 Å². The van der Waals surface area contributed by atoms with Crippen LogP contribution < -0.4 is 0 Å². The van der Waals surface area contributed by atoms with Crippen molar-refractivity contribution in [2.24, 2.45) is 0 Å². The highest BCUT2D eigenvalue weighted by Crippen LogP contribution is 2.21. The van der Waals surface area contributed by atoms with Crippen LogP contribution in [0, 0.1) is 0 Å². The Morgan fingerprint density at radius 3 is 1.78 bits per heavy atom. The molecule has 0 saturated heterocycles. The molecular formula is C15H36O5Si3. The predicted molar refractivity (Wildman–Crippen MR) is 99.1 cm³/mol. The zero-order valence-electron chi connectivity index (χ0n) is 15.9. The molecule has 0 aliphatic rings. The van der Waals surface area contributed by atoms with Crippen LogP contribution in [0.1, 0.15) is 59.3 Å². The third kappa shape index (κ3) is 12.0.